The molecule has 0 N–H and O–H groups in total. The van der Waals surface area contributed by atoms with Crippen molar-refractivity contribution in [2.24, 2.45) is 17.8 Å². The van der Waals surface area contributed by atoms with Crippen LogP contribution >= 0.6 is 0 Å². The molecular weight excluding hydrogens is 266 g/mol. The molecule has 4 heteroatoms. The van der Waals surface area contributed by atoms with E-state index < -0.39 is 0 Å². The molecule has 5 atom stereocenters. The van der Waals surface area contributed by atoms with Crippen molar-refractivity contribution < 1.29 is 14.3 Å². The molecular formula is C17H27NO3. The molecule has 0 aromatic heterocycles. The van der Waals surface area contributed by atoms with E-state index >= 15 is 0 Å². The Morgan fingerprint density at radius 1 is 1.29 bits per heavy atom. The van der Waals surface area contributed by atoms with Gasteiger partial charge in [-0.2, -0.15) is 0 Å². The van der Waals surface area contributed by atoms with Crippen molar-refractivity contribution in [2.75, 3.05) is 6.54 Å². The lowest BCUT2D eigenvalue weighted by molar-refractivity contribution is -0.147. The molecule has 118 valence electrons. The first-order valence-corrected chi connectivity index (χ1v) is 8.61. The molecule has 0 aromatic carbocycles. The maximum atomic E-state index is 12.1. The van der Waals surface area contributed by atoms with Crippen LogP contribution in [0.5, 0.6) is 0 Å². The zero-order valence-corrected chi connectivity index (χ0v) is 13.2. The molecule has 1 amide bonds. The third kappa shape index (κ3) is 2.69. The van der Waals surface area contributed by atoms with Gasteiger partial charge in [0.2, 0.25) is 5.91 Å². The lowest BCUT2D eigenvalue weighted by Gasteiger charge is -2.36. The first kappa shape index (κ1) is 14.9. The lowest BCUT2D eigenvalue weighted by Crippen LogP contribution is -2.42. The fraction of sp³-hybridized carbons (Fsp3) is 0.882. The Labute approximate surface area is 127 Å². The first-order valence-electron chi connectivity index (χ1n) is 8.61. The molecule has 4 nitrogen and oxygen atoms in total. The van der Waals surface area contributed by atoms with Gasteiger partial charge in [-0.3, -0.25) is 9.59 Å². The summed E-state index contributed by atoms with van der Waals surface area (Å²) in [4.78, 5) is 26.0. The van der Waals surface area contributed by atoms with Crippen molar-refractivity contribution in [1.82, 2.24) is 4.90 Å². The molecule has 21 heavy (non-hydrogen) atoms. The minimum atomic E-state index is -0.0357. The van der Waals surface area contributed by atoms with Crippen molar-refractivity contribution in [3.05, 3.63) is 0 Å². The number of carbonyl (C=O) groups is 2. The van der Waals surface area contributed by atoms with Gasteiger partial charge in [0.05, 0.1) is 5.92 Å². The maximum absolute atomic E-state index is 12.1. The summed E-state index contributed by atoms with van der Waals surface area (Å²) in [5, 5.41) is 0. The van der Waals surface area contributed by atoms with E-state index in [4.69, 9.17) is 4.74 Å². The zero-order valence-electron chi connectivity index (χ0n) is 13.2. The summed E-state index contributed by atoms with van der Waals surface area (Å²) >= 11 is 0. The molecule has 5 unspecified atom stereocenters. The third-order valence-electron chi connectivity index (χ3n) is 5.81. The number of fused-ring (bicyclic) bond motifs is 1. The number of rotatable bonds is 3. The topological polar surface area (TPSA) is 46.6 Å². The number of hydrogen-bond acceptors (Lipinski definition) is 3. The maximum Gasteiger partial charge on any atom is 0.309 e. The van der Waals surface area contributed by atoms with Gasteiger partial charge in [-0.1, -0.05) is 20.3 Å². The van der Waals surface area contributed by atoms with E-state index in [1.54, 1.807) is 0 Å². The average Bonchev–Trinajstić information content (AvgIpc) is 2.90. The molecule has 3 rings (SSSR count). The van der Waals surface area contributed by atoms with Crippen LogP contribution in [0.2, 0.25) is 0 Å². The first-order chi connectivity index (χ1) is 10.1. The van der Waals surface area contributed by atoms with E-state index in [9.17, 15) is 9.59 Å². The Morgan fingerprint density at radius 2 is 2.10 bits per heavy atom. The predicted molar refractivity (Wildman–Crippen MR) is 79.5 cm³/mol. The molecule has 3 aliphatic heterocycles. The van der Waals surface area contributed by atoms with Crippen LogP contribution in [0.15, 0.2) is 0 Å². The van der Waals surface area contributed by atoms with Gasteiger partial charge >= 0.3 is 5.97 Å². The molecule has 3 fully saturated rings. The van der Waals surface area contributed by atoms with E-state index in [-0.39, 0.29) is 18.0 Å². The number of carbonyl (C=O) groups excluding carboxylic acids is 2. The van der Waals surface area contributed by atoms with Gasteiger partial charge in [0.15, 0.2) is 0 Å². The highest BCUT2D eigenvalue weighted by molar-refractivity contribution is 5.79. The molecule has 0 radical (unpaired) electrons. The second kappa shape index (κ2) is 5.98. The van der Waals surface area contributed by atoms with Gasteiger partial charge in [0.1, 0.15) is 6.10 Å². The highest BCUT2D eigenvalue weighted by Crippen LogP contribution is 2.41. The Morgan fingerprint density at radius 3 is 2.76 bits per heavy atom. The Hall–Kier alpha value is -1.06. The van der Waals surface area contributed by atoms with Crippen molar-refractivity contribution in [1.29, 1.82) is 0 Å². The van der Waals surface area contributed by atoms with E-state index in [1.807, 2.05) is 6.92 Å². The number of cyclic esters (lactones) is 1. The Kier molecular flexibility index (Phi) is 4.23. The van der Waals surface area contributed by atoms with Gasteiger partial charge in [-0.25, -0.2) is 0 Å². The van der Waals surface area contributed by atoms with Gasteiger partial charge in [-0.05, 0) is 38.0 Å². The zero-order chi connectivity index (χ0) is 15.0. The summed E-state index contributed by atoms with van der Waals surface area (Å²) in [6.45, 7) is 5.10. The van der Waals surface area contributed by atoms with E-state index in [0.29, 0.717) is 30.2 Å². The molecule has 3 saturated heterocycles. The lowest BCUT2D eigenvalue weighted by atomic mass is 9.76. The third-order valence-corrected chi connectivity index (χ3v) is 5.81. The molecule has 0 bridgehead atoms. The van der Waals surface area contributed by atoms with Crippen LogP contribution in [0.25, 0.3) is 0 Å². The second-order valence-electron chi connectivity index (χ2n) is 7.04. The van der Waals surface area contributed by atoms with Crippen LogP contribution in [0.1, 0.15) is 58.8 Å². The van der Waals surface area contributed by atoms with Crippen molar-refractivity contribution in [3.8, 4) is 0 Å². The fourth-order valence-electron chi connectivity index (χ4n) is 4.71. The summed E-state index contributed by atoms with van der Waals surface area (Å²) in [6.07, 6.45) is 7.15. The summed E-state index contributed by atoms with van der Waals surface area (Å²) in [5.74, 6) is 1.25. The standard InChI is InChI=1S/C17H27NO3/c1-3-12(15-10-11(2)17(20)21-15)13-6-4-5-9-18-14(13)7-8-16(18)19/h11-15H,3-10H2,1-2H3. The summed E-state index contributed by atoms with van der Waals surface area (Å²) in [5.41, 5.74) is 0. The van der Waals surface area contributed by atoms with E-state index in [1.165, 1.54) is 12.8 Å². The highest BCUT2D eigenvalue weighted by Gasteiger charge is 2.45. The van der Waals surface area contributed by atoms with Crippen LogP contribution in [0.4, 0.5) is 0 Å². The molecule has 3 heterocycles. The number of ether oxygens (including phenoxy) is 1. The van der Waals surface area contributed by atoms with E-state index in [0.717, 1.165) is 32.2 Å². The molecule has 3 aliphatic rings. The molecule has 0 aliphatic carbocycles. The van der Waals surface area contributed by atoms with Gasteiger partial charge in [0, 0.05) is 24.9 Å². The molecule has 0 saturated carbocycles. The van der Waals surface area contributed by atoms with Crippen molar-refractivity contribution >= 4 is 11.9 Å². The SMILES string of the molecule is CCC(C1CC(C)C(=O)O1)C1CCCCN2C(=O)CCC12. The molecule has 0 spiro atoms. The van der Waals surface area contributed by atoms with Crippen LogP contribution in [0, 0.1) is 17.8 Å². The normalized spacial score (nSPS) is 38.1. The summed E-state index contributed by atoms with van der Waals surface area (Å²) in [6, 6.07) is 0.388. The Balaban J connectivity index is 1.78. The minimum absolute atomic E-state index is 0.0357. The number of amides is 1. The van der Waals surface area contributed by atoms with Crippen molar-refractivity contribution in [3.63, 3.8) is 0 Å². The van der Waals surface area contributed by atoms with Gasteiger partial charge in [-0.15, -0.1) is 0 Å². The monoisotopic (exact) mass is 293 g/mol. The fourth-order valence-corrected chi connectivity index (χ4v) is 4.71. The Bertz CT molecular complexity index is 422. The predicted octanol–water partition coefficient (Wildman–Crippen LogP) is 2.76. The van der Waals surface area contributed by atoms with Crippen LogP contribution < -0.4 is 0 Å². The number of esters is 1. The van der Waals surface area contributed by atoms with E-state index in [2.05, 4.69) is 11.8 Å². The van der Waals surface area contributed by atoms with Crippen LogP contribution in [-0.4, -0.2) is 35.5 Å². The number of hydrogen-bond donors (Lipinski definition) is 0. The largest absolute Gasteiger partial charge is 0.462 e. The van der Waals surface area contributed by atoms with Crippen LogP contribution in [0.3, 0.4) is 0 Å². The minimum Gasteiger partial charge on any atom is -0.462 e. The van der Waals surface area contributed by atoms with Crippen LogP contribution in [-0.2, 0) is 14.3 Å². The summed E-state index contributed by atoms with van der Waals surface area (Å²) < 4.78 is 5.65. The van der Waals surface area contributed by atoms with Crippen molar-refractivity contribution in [2.45, 2.75) is 70.9 Å². The number of nitrogens with zero attached hydrogens (tertiary/aromatic N) is 1. The average molecular weight is 293 g/mol. The second-order valence-corrected chi connectivity index (χ2v) is 7.04. The summed E-state index contributed by atoms with van der Waals surface area (Å²) in [7, 11) is 0. The van der Waals surface area contributed by atoms with Gasteiger partial charge in [0.25, 0.3) is 0 Å². The quantitative estimate of drug-likeness (QED) is 0.752. The smallest absolute Gasteiger partial charge is 0.309 e. The van der Waals surface area contributed by atoms with Gasteiger partial charge < -0.3 is 9.64 Å². The molecule has 0 aromatic rings. The highest BCUT2D eigenvalue weighted by atomic mass is 16.6.